The van der Waals surface area contributed by atoms with Crippen LogP contribution in [0.2, 0.25) is 0 Å². The van der Waals surface area contributed by atoms with Gasteiger partial charge in [0.05, 0.1) is 10.8 Å². The predicted molar refractivity (Wildman–Crippen MR) is 80.4 cm³/mol. The van der Waals surface area contributed by atoms with Crippen molar-refractivity contribution in [2.45, 2.75) is 43.9 Å². The fraction of sp³-hybridized carbons (Fsp3) is 0.692. The lowest BCUT2D eigenvalue weighted by Gasteiger charge is -2.30. The van der Waals surface area contributed by atoms with Crippen molar-refractivity contribution in [1.29, 1.82) is 0 Å². The van der Waals surface area contributed by atoms with Crippen LogP contribution in [0.4, 0.5) is 0 Å². The Balaban J connectivity index is 2.20. The van der Waals surface area contributed by atoms with Crippen LogP contribution in [0, 0.1) is 12.8 Å². The number of nitrogens with zero attached hydrogens (tertiary/aromatic N) is 1. The maximum absolute atomic E-state index is 12.6. The summed E-state index contributed by atoms with van der Waals surface area (Å²) in [5.41, 5.74) is 0. The highest BCUT2D eigenvalue weighted by Crippen LogP contribution is 2.31. The second kappa shape index (κ2) is 6.12. The third-order valence-electron chi connectivity index (χ3n) is 3.82. The molecule has 1 aromatic heterocycles. The van der Waals surface area contributed by atoms with Crippen LogP contribution in [0.15, 0.2) is 11.0 Å². The van der Waals surface area contributed by atoms with Gasteiger partial charge >= 0.3 is 0 Å². The summed E-state index contributed by atoms with van der Waals surface area (Å²) in [6, 6.07) is 1.73. The highest BCUT2D eigenvalue weighted by atomic mass is 35.5. The Kier molecular flexibility index (Phi) is 4.93. The van der Waals surface area contributed by atoms with Crippen LogP contribution in [-0.4, -0.2) is 25.8 Å². The number of aryl methyl sites for hydroxylation is 1. The van der Waals surface area contributed by atoms with Crippen molar-refractivity contribution in [1.82, 2.24) is 4.31 Å². The van der Waals surface area contributed by atoms with Crippen molar-refractivity contribution < 1.29 is 8.42 Å². The SMILES string of the molecule is CCC1CCN(S(=O)(=O)c2cc(CCl)sc2C)CC1. The van der Waals surface area contributed by atoms with E-state index in [-0.39, 0.29) is 0 Å². The summed E-state index contributed by atoms with van der Waals surface area (Å²) in [6.07, 6.45) is 3.09. The monoisotopic (exact) mass is 321 g/mol. The van der Waals surface area contributed by atoms with E-state index in [2.05, 4.69) is 6.92 Å². The van der Waals surface area contributed by atoms with Gasteiger partial charge < -0.3 is 0 Å². The first kappa shape index (κ1) is 15.3. The topological polar surface area (TPSA) is 37.4 Å². The van der Waals surface area contributed by atoms with Crippen molar-refractivity contribution in [2.75, 3.05) is 13.1 Å². The van der Waals surface area contributed by atoms with Gasteiger partial charge in [0.2, 0.25) is 10.0 Å². The average molecular weight is 322 g/mol. The molecule has 0 spiro atoms. The van der Waals surface area contributed by atoms with E-state index in [9.17, 15) is 8.42 Å². The minimum Gasteiger partial charge on any atom is -0.207 e. The van der Waals surface area contributed by atoms with Gasteiger partial charge in [0.1, 0.15) is 0 Å². The van der Waals surface area contributed by atoms with E-state index in [4.69, 9.17) is 11.6 Å². The third-order valence-corrected chi connectivity index (χ3v) is 7.47. The molecule has 1 fully saturated rings. The number of alkyl halides is 1. The van der Waals surface area contributed by atoms with Gasteiger partial charge in [-0.1, -0.05) is 13.3 Å². The van der Waals surface area contributed by atoms with E-state index in [1.807, 2.05) is 6.92 Å². The van der Waals surface area contributed by atoms with Gasteiger partial charge in [0.15, 0.2) is 0 Å². The summed E-state index contributed by atoms with van der Waals surface area (Å²) in [4.78, 5) is 2.21. The summed E-state index contributed by atoms with van der Waals surface area (Å²) >= 11 is 7.26. The first-order valence-corrected chi connectivity index (χ1v) is 9.43. The smallest absolute Gasteiger partial charge is 0.207 e. The van der Waals surface area contributed by atoms with E-state index in [1.54, 1.807) is 10.4 Å². The molecule has 0 amide bonds. The van der Waals surface area contributed by atoms with Crippen molar-refractivity contribution in [3.05, 3.63) is 15.8 Å². The maximum Gasteiger partial charge on any atom is 0.244 e. The summed E-state index contributed by atoms with van der Waals surface area (Å²) < 4.78 is 26.9. The van der Waals surface area contributed by atoms with Gasteiger partial charge in [-0.05, 0) is 31.7 Å². The zero-order chi connectivity index (χ0) is 14.0. The molecule has 0 atom stereocenters. The Morgan fingerprint density at radius 3 is 2.53 bits per heavy atom. The van der Waals surface area contributed by atoms with Crippen molar-refractivity contribution in [2.24, 2.45) is 5.92 Å². The number of piperidine rings is 1. The average Bonchev–Trinajstić information content (AvgIpc) is 2.81. The molecule has 1 aliphatic rings. The highest BCUT2D eigenvalue weighted by Gasteiger charge is 2.30. The maximum atomic E-state index is 12.6. The molecule has 0 unspecified atom stereocenters. The van der Waals surface area contributed by atoms with Crippen LogP contribution in [0.3, 0.4) is 0 Å². The normalized spacial score (nSPS) is 18.9. The molecule has 0 aliphatic carbocycles. The lowest BCUT2D eigenvalue weighted by atomic mass is 9.96. The number of rotatable bonds is 4. The standard InChI is InChI=1S/C13H20ClNO2S2/c1-3-11-4-6-15(7-5-11)19(16,17)13-8-12(9-14)18-10(13)2/h8,11H,3-7,9H2,1-2H3. The quantitative estimate of drug-likeness (QED) is 0.794. The van der Waals surface area contributed by atoms with Crippen LogP contribution < -0.4 is 0 Å². The van der Waals surface area contributed by atoms with Crippen LogP contribution >= 0.6 is 22.9 Å². The summed E-state index contributed by atoms with van der Waals surface area (Å²) in [5.74, 6) is 1.05. The van der Waals surface area contributed by atoms with Crippen molar-refractivity contribution in [3.8, 4) is 0 Å². The van der Waals surface area contributed by atoms with Crippen LogP contribution in [0.5, 0.6) is 0 Å². The van der Waals surface area contributed by atoms with Gasteiger partial charge in [-0.25, -0.2) is 8.42 Å². The molecule has 1 aromatic rings. The molecule has 108 valence electrons. The van der Waals surface area contributed by atoms with E-state index < -0.39 is 10.0 Å². The molecule has 1 saturated heterocycles. The lowest BCUT2D eigenvalue weighted by Crippen LogP contribution is -2.38. The molecule has 1 aliphatic heterocycles. The minimum atomic E-state index is -3.33. The molecule has 0 bridgehead atoms. The van der Waals surface area contributed by atoms with Gasteiger partial charge in [0.25, 0.3) is 0 Å². The largest absolute Gasteiger partial charge is 0.244 e. The Morgan fingerprint density at radius 2 is 2.05 bits per heavy atom. The Bertz CT molecular complexity index is 531. The van der Waals surface area contributed by atoms with E-state index >= 15 is 0 Å². The second-order valence-electron chi connectivity index (χ2n) is 5.02. The molecular formula is C13H20ClNO2S2. The molecule has 2 rings (SSSR count). The van der Waals surface area contributed by atoms with Crippen molar-refractivity contribution >= 4 is 33.0 Å². The molecule has 0 aromatic carbocycles. The molecule has 0 radical (unpaired) electrons. The number of hydrogen-bond acceptors (Lipinski definition) is 3. The highest BCUT2D eigenvalue weighted by molar-refractivity contribution is 7.89. The lowest BCUT2D eigenvalue weighted by molar-refractivity contribution is 0.269. The first-order chi connectivity index (χ1) is 8.98. The number of halogens is 1. The van der Waals surface area contributed by atoms with Crippen LogP contribution in [0.1, 0.15) is 35.9 Å². The van der Waals surface area contributed by atoms with Crippen LogP contribution in [-0.2, 0) is 15.9 Å². The number of sulfonamides is 1. The Morgan fingerprint density at radius 1 is 1.42 bits per heavy atom. The molecule has 6 heteroatoms. The zero-order valence-electron chi connectivity index (χ0n) is 11.4. The van der Waals surface area contributed by atoms with E-state index in [0.29, 0.717) is 29.8 Å². The molecule has 19 heavy (non-hydrogen) atoms. The molecule has 0 saturated carbocycles. The molecule has 0 N–H and O–H groups in total. The fourth-order valence-electron chi connectivity index (χ4n) is 2.54. The fourth-order valence-corrected chi connectivity index (χ4v) is 5.71. The van der Waals surface area contributed by atoms with Crippen molar-refractivity contribution in [3.63, 3.8) is 0 Å². The summed E-state index contributed by atoms with van der Waals surface area (Å²) in [6.45, 7) is 5.32. The molecule has 2 heterocycles. The number of thiophene rings is 1. The first-order valence-electron chi connectivity index (χ1n) is 6.64. The van der Waals surface area contributed by atoms with E-state index in [1.165, 1.54) is 11.3 Å². The Hall–Kier alpha value is -0.100. The second-order valence-corrected chi connectivity index (χ2v) is 8.54. The van der Waals surface area contributed by atoms with E-state index in [0.717, 1.165) is 29.0 Å². The van der Waals surface area contributed by atoms with Gasteiger partial charge in [-0.2, -0.15) is 4.31 Å². The third kappa shape index (κ3) is 3.15. The summed E-state index contributed by atoms with van der Waals surface area (Å²) in [5, 5.41) is 0. The zero-order valence-corrected chi connectivity index (χ0v) is 13.7. The minimum absolute atomic E-state index is 0.374. The summed E-state index contributed by atoms with van der Waals surface area (Å²) in [7, 11) is -3.33. The molecular weight excluding hydrogens is 302 g/mol. The predicted octanol–water partition coefficient (Wildman–Crippen LogP) is 3.61. The molecule has 3 nitrogen and oxygen atoms in total. The number of hydrogen-bond donors (Lipinski definition) is 0. The van der Waals surface area contributed by atoms with Gasteiger partial charge in [0, 0.05) is 22.8 Å². The van der Waals surface area contributed by atoms with Gasteiger partial charge in [-0.3, -0.25) is 0 Å². The van der Waals surface area contributed by atoms with Gasteiger partial charge in [-0.15, -0.1) is 22.9 Å². The Labute approximate surface area is 124 Å². The van der Waals surface area contributed by atoms with Crippen LogP contribution in [0.25, 0.3) is 0 Å².